The van der Waals surface area contributed by atoms with Crippen LogP contribution >= 0.6 is 0 Å². The van der Waals surface area contributed by atoms with Crippen molar-refractivity contribution in [3.63, 3.8) is 0 Å². The third kappa shape index (κ3) is 1.90. The van der Waals surface area contributed by atoms with Gasteiger partial charge in [-0.3, -0.25) is 5.10 Å². The molecule has 0 unspecified atom stereocenters. The summed E-state index contributed by atoms with van der Waals surface area (Å²) in [6.45, 7) is 0.334. The molecule has 2 rings (SSSR count). The van der Waals surface area contributed by atoms with Gasteiger partial charge in [-0.15, -0.1) is 0 Å². The van der Waals surface area contributed by atoms with Crippen molar-refractivity contribution >= 4 is 10.0 Å². The number of nitrogens with one attached hydrogen (secondary N) is 2. The SMILES string of the molecule is NCC1(NS(=O)(=O)c2ccn[nH]2)CCC1. The number of H-pyrrole nitrogens is 1. The highest BCUT2D eigenvalue weighted by molar-refractivity contribution is 7.89. The molecule has 1 aromatic rings. The molecule has 7 heteroatoms. The molecule has 1 heterocycles. The van der Waals surface area contributed by atoms with Gasteiger partial charge in [-0.2, -0.15) is 5.10 Å². The van der Waals surface area contributed by atoms with Gasteiger partial charge in [-0.25, -0.2) is 13.1 Å². The largest absolute Gasteiger partial charge is 0.329 e. The topological polar surface area (TPSA) is 101 Å². The Morgan fingerprint density at radius 2 is 2.33 bits per heavy atom. The molecule has 0 atom stereocenters. The number of aromatic nitrogens is 2. The van der Waals surface area contributed by atoms with Crippen LogP contribution in [0.15, 0.2) is 17.3 Å². The lowest BCUT2D eigenvalue weighted by atomic mass is 9.78. The quantitative estimate of drug-likeness (QED) is 0.653. The molecule has 0 aromatic carbocycles. The summed E-state index contributed by atoms with van der Waals surface area (Å²) in [5, 5.41) is 6.13. The first-order valence-electron chi connectivity index (χ1n) is 4.81. The van der Waals surface area contributed by atoms with Crippen LogP contribution in [0.1, 0.15) is 19.3 Å². The molecule has 1 aromatic heterocycles. The van der Waals surface area contributed by atoms with E-state index in [0.717, 1.165) is 19.3 Å². The van der Waals surface area contributed by atoms with Gasteiger partial charge < -0.3 is 5.73 Å². The van der Waals surface area contributed by atoms with Crippen molar-refractivity contribution < 1.29 is 8.42 Å². The minimum Gasteiger partial charge on any atom is -0.329 e. The van der Waals surface area contributed by atoms with E-state index in [9.17, 15) is 8.42 Å². The zero-order valence-electron chi connectivity index (χ0n) is 8.23. The van der Waals surface area contributed by atoms with Crippen LogP contribution < -0.4 is 10.5 Å². The molecule has 1 fully saturated rings. The molecule has 4 N–H and O–H groups in total. The summed E-state index contributed by atoms with van der Waals surface area (Å²) in [4.78, 5) is 0. The predicted octanol–water partition coefficient (Wildman–Crippen LogP) is -0.431. The summed E-state index contributed by atoms with van der Waals surface area (Å²) in [5.41, 5.74) is 5.14. The van der Waals surface area contributed by atoms with E-state index in [1.54, 1.807) is 0 Å². The molecule has 0 radical (unpaired) electrons. The Bertz CT molecular complexity index is 416. The lowest BCUT2D eigenvalue weighted by molar-refractivity contribution is 0.230. The van der Waals surface area contributed by atoms with E-state index < -0.39 is 15.6 Å². The van der Waals surface area contributed by atoms with Gasteiger partial charge in [0.25, 0.3) is 10.0 Å². The van der Waals surface area contributed by atoms with Crippen LogP contribution in [0.25, 0.3) is 0 Å². The van der Waals surface area contributed by atoms with Gasteiger partial charge in [0.05, 0.1) is 6.20 Å². The van der Waals surface area contributed by atoms with Gasteiger partial charge in [0.1, 0.15) is 0 Å². The van der Waals surface area contributed by atoms with Crippen molar-refractivity contribution in [2.45, 2.75) is 29.8 Å². The number of aromatic amines is 1. The van der Waals surface area contributed by atoms with Crippen LogP contribution in [0.4, 0.5) is 0 Å². The summed E-state index contributed by atoms with van der Waals surface area (Å²) in [7, 11) is -3.50. The average molecular weight is 230 g/mol. The molecule has 6 nitrogen and oxygen atoms in total. The van der Waals surface area contributed by atoms with Crippen molar-refractivity contribution in [1.82, 2.24) is 14.9 Å². The van der Waals surface area contributed by atoms with E-state index in [1.807, 2.05) is 0 Å². The van der Waals surface area contributed by atoms with Crippen LogP contribution in [0.5, 0.6) is 0 Å². The Morgan fingerprint density at radius 1 is 1.60 bits per heavy atom. The molecular weight excluding hydrogens is 216 g/mol. The van der Waals surface area contributed by atoms with Crippen LogP contribution in [0, 0.1) is 0 Å². The van der Waals surface area contributed by atoms with Crippen molar-refractivity contribution in [3.8, 4) is 0 Å². The summed E-state index contributed by atoms with van der Waals surface area (Å²) < 4.78 is 26.3. The Hall–Kier alpha value is -0.920. The fourth-order valence-electron chi connectivity index (χ4n) is 1.68. The molecule has 0 spiro atoms. The molecular formula is C8H14N4O2S. The zero-order chi connectivity index (χ0) is 10.9. The summed E-state index contributed by atoms with van der Waals surface area (Å²) >= 11 is 0. The first-order chi connectivity index (χ1) is 7.08. The van der Waals surface area contributed by atoms with E-state index in [0.29, 0.717) is 6.54 Å². The molecule has 1 aliphatic carbocycles. The maximum Gasteiger partial charge on any atom is 0.258 e. The number of rotatable bonds is 4. The number of nitrogens with two attached hydrogens (primary N) is 1. The standard InChI is InChI=1S/C8H14N4O2S/c9-6-8(3-1-4-8)12-15(13,14)7-2-5-10-11-7/h2,5,12H,1,3-4,6,9H2,(H,10,11). The summed E-state index contributed by atoms with van der Waals surface area (Å²) in [6.07, 6.45) is 4.03. The highest BCUT2D eigenvalue weighted by Crippen LogP contribution is 2.32. The van der Waals surface area contributed by atoms with Gasteiger partial charge in [-0.05, 0) is 25.3 Å². The number of hydrogen-bond acceptors (Lipinski definition) is 4. The average Bonchev–Trinajstić information content (AvgIpc) is 2.64. The molecule has 84 valence electrons. The minimum absolute atomic E-state index is 0.0854. The molecule has 1 saturated carbocycles. The lowest BCUT2D eigenvalue weighted by Crippen LogP contribution is -2.58. The first-order valence-corrected chi connectivity index (χ1v) is 6.30. The molecule has 1 aliphatic rings. The smallest absolute Gasteiger partial charge is 0.258 e. The molecule has 15 heavy (non-hydrogen) atoms. The van der Waals surface area contributed by atoms with Crippen molar-refractivity contribution in [2.75, 3.05) is 6.54 Å². The van der Waals surface area contributed by atoms with Gasteiger partial charge >= 0.3 is 0 Å². The number of nitrogens with zero attached hydrogens (tertiary/aromatic N) is 1. The second-order valence-electron chi connectivity index (χ2n) is 3.86. The Labute approximate surface area is 88.3 Å². The van der Waals surface area contributed by atoms with E-state index >= 15 is 0 Å². The highest BCUT2D eigenvalue weighted by Gasteiger charge is 2.39. The number of sulfonamides is 1. The van der Waals surface area contributed by atoms with Gasteiger partial charge in [0.2, 0.25) is 0 Å². The third-order valence-corrected chi connectivity index (χ3v) is 4.33. The predicted molar refractivity (Wildman–Crippen MR) is 54.5 cm³/mol. The maximum atomic E-state index is 11.8. The molecule has 0 amide bonds. The summed E-state index contributed by atoms with van der Waals surface area (Å²) in [6, 6.07) is 1.42. The normalized spacial score (nSPS) is 19.8. The van der Waals surface area contributed by atoms with E-state index in [1.165, 1.54) is 12.3 Å². The first kappa shape index (κ1) is 10.6. The van der Waals surface area contributed by atoms with Crippen LogP contribution in [0.2, 0.25) is 0 Å². The van der Waals surface area contributed by atoms with Crippen LogP contribution in [-0.2, 0) is 10.0 Å². The fourth-order valence-corrected chi connectivity index (χ4v) is 3.06. The number of hydrogen-bond donors (Lipinski definition) is 3. The van der Waals surface area contributed by atoms with E-state index in [-0.39, 0.29) is 5.03 Å². The van der Waals surface area contributed by atoms with Gasteiger partial charge in [-0.1, -0.05) is 0 Å². The van der Waals surface area contributed by atoms with Gasteiger partial charge in [0.15, 0.2) is 5.03 Å². The van der Waals surface area contributed by atoms with Crippen molar-refractivity contribution in [2.24, 2.45) is 5.73 Å². The van der Waals surface area contributed by atoms with Crippen molar-refractivity contribution in [1.29, 1.82) is 0 Å². The highest BCUT2D eigenvalue weighted by atomic mass is 32.2. The third-order valence-electron chi connectivity index (χ3n) is 2.82. The van der Waals surface area contributed by atoms with E-state index in [4.69, 9.17) is 5.73 Å². The van der Waals surface area contributed by atoms with E-state index in [2.05, 4.69) is 14.9 Å². The Balaban J connectivity index is 2.18. The Kier molecular flexibility index (Phi) is 2.53. The van der Waals surface area contributed by atoms with Crippen LogP contribution in [-0.4, -0.2) is 30.7 Å². The molecule has 0 aliphatic heterocycles. The second kappa shape index (κ2) is 3.58. The fraction of sp³-hybridized carbons (Fsp3) is 0.625. The summed E-state index contributed by atoms with van der Waals surface area (Å²) in [5.74, 6) is 0. The molecule has 0 bridgehead atoms. The minimum atomic E-state index is -3.50. The van der Waals surface area contributed by atoms with Gasteiger partial charge in [0, 0.05) is 12.1 Å². The molecule has 0 saturated heterocycles. The zero-order valence-corrected chi connectivity index (χ0v) is 9.05. The maximum absolute atomic E-state index is 11.8. The van der Waals surface area contributed by atoms with Crippen LogP contribution in [0.3, 0.4) is 0 Å². The Morgan fingerprint density at radius 3 is 2.73 bits per heavy atom. The van der Waals surface area contributed by atoms with Crippen molar-refractivity contribution in [3.05, 3.63) is 12.3 Å². The monoisotopic (exact) mass is 230 g/mol. The lowest BCUT2D eigenvalue weighted by Gasteiger charge is -2.40. The second-order valence-corrected chi connectivity index (χ2v) is 5.52.